The van der Waals surface area contributed by atoms with Crippen LogP contribution in [0.5, 0.6) is 0 Å². The summed E-state index contributed by atoms with van der Waals surface area (Å²) in [6, 6.07) is 0.414. The van der Waals surface area contributed by atoms with Gasteiger partial charge >= 0.3 is 6.03 Å². The summed E-state index contributed by atoms with van der Waals surface area (Å²) >= 11 is 2.01. The van der Waals surface area contributed by atoms with Crippen LogP contribution in [-0.2, 0) is 0 Å². The first-order valence-electron chi connectivity index (χ1n) is 7.45. The number of aliphatic hydroxyl groups is 1. The number of urea groups is 1. The van der Waals surface area contributed by atoms with Gasteiger partial charge in [-0.2, -0.15) is 11.8 Å². The highest BCUT2D eigenvalue weighted by atomic mass is 32.2. The van der Waals surface area contributed by atoms with Gasteiger partial charge in [0.2, 0.25) is 0 Å². The van der Waals surface area contributed by atoms with Gasteiger partial charge in [-0.05, 0) is 38.4 Å². The Labute approximate surface area is 120 Å². The zero-order chi connectivity index (χ0) is 13.8. The average Bonchev–Trinajstić information content (AvgIpc) is 2.98. The van der Waals surface area contributed by atoms with E-state index in [2.05, 4.69) is 12.2 Å². The largest absolute Gasteiger partial charge is 0.393 e. The van der Waals surface area contributed by atoms with E-state index in [0.29, 0.717) is 12.6 Å². The molecule has 0 bridgehead atoms. The van der Waals surface area contributed by atoms with Crippen LogP contribution in [-0.4, -0.2) is 52.3 Å². The molecule has 1 aliphatic heterocycles. The molecule has 1 saturated carbocycles. The Kier molecular flexibility index (Phi) is 5.39. The Morgan fingerprint density at radius 2 is 2.26 bits per heavy atom. The van der Waals surface area contributed by atoms with Crippen LogP contribution in [0, 0.1) is 5.92 Å². The first-order valence-corrected chi connectivity index (χ1v) is 8.50. The van der Waals surface area contributed by atoms with Gasteiger partial charge in [-0.15, -0.1) is 0 Å². The summed E-state index contributed by atoms with van der Waals surface area (Å²) in [6.07, 6.45) is 4.05. The van der Waals surface area contributed by atoms with Gasteiger partial charge in [-0.25, -0.2) is 4.79 Å². The molecule has 4 atom stereocenters. The summed E-state index contributed by atoms with van der Waals surface area (Å²) in [5, 5.41) is 13.5. The van der Waals surface area contributed by atoms with E-state index >= 15 is 0 Å². The third kappa shape index (κ3) is 4.02. The SMILES string of the molecule is CCSC1CCC(NC(=O)N2CCC(C(C)O)C2)C1. The zero-order valence-electron chi connectivity index (χ0n) is 12.0. The lowest BCUT2D eigenvalue weighted by Crippen LogP contribution is -2.43. The summed E-state index contributed by atoms with van der Waals surface area (Å²) in [5.41, 5.74) is 0. The van der Waals surface area contributed by atoms with E-state index in [4.69, 9.17) is 0 Å². The first-order chi connectivity index (χ1) is 9.10. The Balaban J connectivity index is 1.73. The van der Waals surface area contributed by atoms with Crippen molar-refractivity contribution < 1.29 is 9.90 Å². The average molecular weight is 286 g/mol. The molecule has 1 heterocycles. The third-order valence-electron chi connectivity index (χ3n) is 4.31. The van der Waals surface area contributed by atoms with E-state index in [0.717, 1.165) is 36.8 Å². The Hall–Kier alpha value is -0.420. The van der Waals surface area contributed by atoms with Crippen molar-refractivity contribution in [1.82, 2.24) is 10.2 Å². The molecule has 0 radical (unpaired) electrons. The second-order valence-electron chi connectivity index (χ2n) is 5.77. The maximum absolute atomic E-state index is 12.2. The minimum Gasteiger partial charge on any atom is -0.393 e. The first kappa shape index (κ1) is 15.0. The molecule has 2 fully saturated rings. The lowest BCUT2D eigenvalue weighted by atomic mass is 10.0. The molecule has 0 aromatic rings. The minimum atomic E-state index is -0.311. The molecular formula is C14H26N2O2S. The Morgan fingerprint density at radius 3 is 2.89 bits per heavy atom. The summed E-state index contributed by atoms with van der Waals surface area (Å²) in [4.78, 5) is 14.0. The highest BCUT2D eigenvalue weighted by Gasteiger charge is 2.31. The minimum absolute atomic E-state index is 0.0651. The van der Waals surface area contributed by atoms with Gasteiger partial charge in [0.15, 0.2) is 0 Å². The van der Waals surface area contributed by atoms with Crippen LogP contribution in [0.15, 0.2) is 0 Å². The summed E-state index contributed by atoms with van der Waals surface area (Å²) in [5.74, 6) is 1.41. The van der Waals surface area contributed by atoms with Crippen LogP contribution in [0.2, 0.25) is 0 Å². The van der Waals surface area contributed by atoms with Crippen molar-refractivity contribution in [3.8, 4) is 0 Å². The van der Waals surface area contributed by atoms with Crippen LogP contribution in [0.25, 0.3) is 0 Å². The van der Waals surface area contributed by atoms with E-state index in [-0.39, 0.29) is 18.1 Å². The highest BCUT2D eigenvalue weighted by Crippen LogP contribution is 2.30. The van der Waals surface area contributed by atoms with E-state index in [1.165, 1.54) is 6.42 Å². The number of nitrogens with zero attached hydrogens (tertiary/aromatic N) is 1. The summed E-state index contributed by atoms with van der Waals surface area (Å²) in [6.45, 7) is 5.48. The van der Waals surface area contributed by atoms with Crippen LogP contribution < -0.4 is 5.32 Å². The normalized spacial score (nSPS) is 32.6. The lowest BCUT2D eigenvalue weighted by Gasteiger charge is -2.21. The third-order valence-corrected chi connectivity index (χ3v) is 5.54. The topological polar surface area (TPSA) is 52.6 Å². The monoisotopic (exact) mass is 286 g/mol. The molecular weight excluding hydrogens is 260 g/mol. The van der Waals surface area contributed by atoms with Gasteiger partial charge in [0.05, 0.1) is 6.10 Å². The number of aliphatic hydroxyl groups excluding tert-OH is 1. The second-order valence-corrected chi connectivity index (χ2v) is 7.35. The van der Waals surface area contributed by atoms with Gasteiger partial charge in [-0.1, -0.05) is 6.92 Å². The smallest absolute Gasteiger partial charge is 0.317 e. The van der Waals surface area contributed by atoms with Crippen molar-refractivity contribution in [3.63, 3.8) is 0 Å². The van der Waals surface area contributed by atoms with Crippen molar-refractivity contribution >= 4 is 17.8 Å². The van der Waals surface area contributed by atoms with E-state index < -0.39 is 0 Å². The van der Waals surface area contributed by atoms with Crippen LogP contribution in [0.1, 0.15) is 39.5 Å². The van der Waals surface area contributed by atoms with Crippen LogP contribution in [0.3, 0.4) is 0 Å². The molecule has 4 unspecified atom stereocenters. The molecule has 4 nitrogen and oxygen atoms in total. The number of rotatable bonds is 4. The fourth-order valence-electron chi connectivity index (χ4n) is 3.09. The van der Waals surface area contributed by atoms with Gasteiger partial charge in [0.25, 0.3) is 0 Å². The van der Waals surface area contributed by atoms with Crippen LogP contribution >= 0.6 is 11.8 Å². The summed E-state index contributed by atoms with van der Waals surface area (Å²) < 4.78 is 0. The van der Waals surface area contributed by atoms with Crippen molar-refractivity contribution in [2.75, 3.05) is 18.8 Å². The Bertz CT molecular complexity index is 312. The lowest BCUT2D eigenvalue weighted by molar-refractivity contribution is 0.129. The number of hydrogen-bond acceptors (Lipinski definition) is 3. The second kappa shape index (κ2) is 6.84. The molecule has 2 amide bonds. The predicted octanol–water partition coefficient (Wildman–Crippen LogP) is 2.07. The zero-order valence-corrected chi connectivity index (χ0v) is 12.8. The Morgan fingerprint density at radius 1 is 1.47 bits per heavy atom. The van der Waals surface area contributed by atoms with Crippen LogP contribution in [0.4, 0.5) is 4.79 Å². The number of amides is 2. The van der Waals surface area contributed by atoms with E-state index in [9.17, 15) is 9.90 Å². The molecule has 0 aromatic carbocycles. The van der Waals surface area contributed by atoms with Crippen molar-refractivity contribution in [2.24, 2.45) is 5.92 Å². The van der Waals surface area contributed by atoms with Gasteiger partial charge in [-0.3, -0.25) is 0 Å². The summed E-state index contributed by atoms with van der Waals surface area (Å²) in [7, 11) is 0. The van der Waals surface area contributed by atoms with Crippen molar-refractivity contribution in [3.05, 3.63) is 0 Å². The number of likely N-dealkylation sites (tertiary alicyclic amines) is 1. The van der Waals surface area contributed by atoms with E-state index in [1.807, 2.05) is 23.6 Å². The van der Waals surface area contributed by atoms with Crippen molar-refractivity contribution in [2.45, 2.75) is 56.9 Å². The molecule has 110 valence electrons. The van der Waals surface area contributed by atoms with Gasteiger partial charge in [0, 0.05) is 30.3 Å². The molecule has 0 aromatic heterocycles. The number of nitrogens with one attached hydrogen (secondary N) is 1. The quantitative estimate of drug-likeness (QED) is 0.832. The van der Waals surface area contributed by atoms with Gasteiger partial charge < -0.3 is 15.3 Å². The molecule has 19 heavy (non-hydrogen) atoms. The molecule has 5 heteroatoms. The number of carbonyl (C=O) groups is 1. The maximum atomic E-state index is 12.2. The fourth-order valence-corrected chi connectivity index (χ4v) is 4.23. The highest BCUT2D eigenvalue weighted by molar-refractivity contribution is 7.99. The molecule has 1 aliphatic carbocycles. The molecule has 2 N–H and O–H groups in total. The molecule has 1 saturated heterocycles. The predicted molar refractivity (Wildman–Crippen MR) is 79.5 cm³/mol. The molecule has 2 aliphatic rings. The maximum Gasteiger partial charge on any atom is 0.317 e. The number of carbonyl (C=O) groups excluding carboxylic acids is 1. The van der Waals surface area contributed by atoms with Crippen molar-refractivity contribution in [1.29, 1.82) is 0 Å². The standard InChI is InChI=1S/C14H26N2O2S/c1-3-19-13-5-4-12(8-13)15-14(18)16-7-6-11(9-16)10(2)17/h10-13,17H,3-9H2,1-2H3,(H,15,18). The van der Waals surface area contributed by atoms with E-state index in [1.54, 1.807) is 0 Å². The molecule has 2 rings (SSSR count). The number of hydrogen-bond donors (Lipinski definition) is 2. The number of thioether (sulfide) groups is 1. The fraction of sp³-hybridized carbons (Fsp3) is 0.929. The van der Waals surface area contributed by atoms with Gasteiger partial charge in [0.1, 0.15) is 0 Å². The molecule has 0 spiro atoms.